The van der Waals surface area contributed by atoms with Crippen molar-refractivity contribution in [1.29, 1.82) is 0 Å². The zero-order valence-corrected chi connectivity index (χ0v) is 6.93. The van der Waals surface area contributed by atoms with Crippen LogP contribution >= 0.6 is 11.6 Å². The minimum Gasteiger partial charge on any atom is -0.491 e. The summed E-state index contributed by atoms with van der Waals surface area (Å²) in [5, 5.41) is -0.0556. The minimum atomic E-state index is -0.826. The maximum absolute atomic E-state index is 12.7. The van der Waals surface area contributed by atoms with Crippen molar-refractivity contribution in [1.82, 2.24) is 4.98 Å². The number of hydrogen-bond donors (Lipinski definition) is 0. The summed E-state index contributed by atoms with van der Waals surface area (Å²) in [5.74, 6) is -1.03. The summed E-state index contributed by atoms with van der Waals surface area (Å²) >= 11 is 5.58. The summed E-state index contributed by atoms with van der Waals surface area (Å²) in [5.41, 5.74) is 0.106. The fraction of sp³-hybridized carbons (Fsp3) is 0.143. The number of ether oxygens (including phenoxy) is 1. The number of aromatic nitrogens is 1. The van der Waals surface area contributed by atoms with Gasteiger partial charge < -0.3 is 4.74 Å². The smallest absolute Gasteiger partial charge is 0.256 e. The second-order valence-electron chi connectivity index (χ2n) is 1.97. The Kier molecular flexibility index (Phi) is 2.60. The van der Waals surface area contributed by atoms with Crippen LogP contribution < -0.4 is 4.74 Å². The Morgan fingerprint density at radius 3 is 2.92 bits per heavy atom. The molecule has 0 radical (unpaired) electrons. The number of methoxy groups -OCH3 is 1. The Morgan fingerprint density at radius 2 is 2.42 bits per heavy atom. The van der Waals surface area contributed by atoms with Gasteiger partial charge in [-0.2, -0.15) is 4.39 Å². The van der Waals surface area contributed by atoms with E-state index in [0.29, 0.717) is 6.29 Å². The molecule has 0 fully saturated rings. The number of nitrogens with zero attached hydrogens (tertiary/aromatic N) is 1. The molecule has 0 saturated heterocycles. The van der Waals surface area contributed by atoms with E-state index in [0.717, 1.165) is 6.20 Å². The Bertz CT molecular complexity index is 317. The molecule has 3 nitrogen and oxygen atoms in total. The lowest BCUT2D eigenvalue weighted by Crippen LogP contribution is -1.95. The summed E-state index contributed by atoms with van der Waals surface area (Å²) in [6.07, 6.45) is 1.53. The van der Waals surface area contributed by atoms with Crippen LogP contribution in [0.4, 0.5) is 4.39 Å². The van der Waals surface area contributed by atoms with Gasteiger partial charge in [-0.25, -0.2) is 4.98 Å². The molecule has 1 heterocycles. The van der Waals surface area contributed by atoms with E-state index in [9.17, 15) is 9.18 Å². The molecule has 1 aromatic heterocycles. The number of hydrogen-bond acceptors (Lipinski definition) is 3. The highest BCUT2D eigenvalue weighted by atomic mass is 35.5. The maximum atomic E-state index is 12.7. The summed E-state index contributed by atoms with van der Waals surface area (Å²) in [6, 6.07) is 0. The van der Waals surface area contributed by atoms with Crippen molar-refractivity contribution < 1.29 is 13.9 Å². The molecule has 0 amide bonds. The second-order valence-corrected chi connectivity index (χ2v) is 2.35. The van der Waals surface area contributed by atoms with Gasteiger partial charge in [0.05, 0.1) is 17.7 Å². The van der Waals surface area contributed by atoms with Crippen LogP contribution in [0.1, 0.15) is 10.4 Å². The molecule has 0 aliphatic heterocycles. The zero-order chi connectivity index (χ0) is 9.14. The lowest BCUT2D eigenvalue weighted by atomic mass is 10.3. The number of rotatable bonds is 2. The van der Waals surface area contributed by atoms with Crippen LogP contribution in [0.15, 0.2) is 6.20 Å². The predicted molar refractivity (Wildman–Crippen MR) is 41.1 cm³/mol. The van der Waals surface area contributed by atoms with Crippen LogP contribution in [0.5, 0.6) is 5.75 Å². The van der Waals surface area contributed by atoms with Gasteiger partial charge in [0, 0.05) is 6.20 Å². The number of pyridine rings is 1. The fourth-order valence-corrected chi connectivity index (χ4v) is 0.968. The molecule has 0 spiro atoms. The Morgan fingerprint density at radius 1 is 1.75 bits per heavy atom. The molecule has 0 unspecified atom stereocenters. The molecule has 0 aliphatic rings. The summed E-state index contributed by atoms with van der Waals surface area (Å²) in [6.45, 7) is 0. The van der Waals surface area contributed by atoms with Gasteiger partial charge in [-0.1, -0.05) is 11.6 Å². The lowest BCUT2D eigenvalue weighted by molar-refractivity contribution is 0.112. The van der Waals surface area contributed by atoms with Gasteiger partial charge >= 0.3 is 0 Å². The van der Waals surface area contributed by atoms with E-state index in [1.54, 1.807) is 0 Å². The first-order valence-electron chi connectivity index (χ1n) is 3.04. The average molecular weight is 190 g/mol. The van der Waals surface area contributed by atoms with Crippen molar-refractivity contribution in [3.05, 3.63) is 22.7 Å². The molecule has 5 heteroatoms. The van der Waals surface area contributed by atoms with Gasteiger partial charge in [-0.05, 0) is 0 Å². The third-order valence-corrected chi connectivity index (χ3v) is 1.68. The van der Waals surface area contributed by atoms with E-state index in [4.69, 9.17) is 11.6 Å². The fourth-order valence-electron chi connectivity index (χ4n) is 0.719. The number of carbonyl (C=O) groups excluding carboxylic acids is 1. The summed E-state index contributed by atoms with van der Waals surface area (Å²) < 4.78 is 17.3. The van der Waals surface area contributed by atoms with Crippen LogP contribution in [0, 0.1) is 5.95 Å². The van der Waals surface area contributed by atoms with Gasteiger partial charge in [0.1, 0.15) is 0 Å². The third kappa shape index (κ3) is 1.38. The average Bonchev–Trinajstić information content (AvgIpc) is 2.06. The molecule has 1 aromatic rings. The predicted octanol–water partition coefficient (Wildman–Crippen LogP) is 1.70. The van der Waals surface area contributed by atoms with Gasteiger partial charge in [-0.15, -0.1) is 0 Å². The van der Waals surface area contributed by atoms with Crippen molar-refractivity contribution in [2.75, 3.05) is 7.11 Å². The first-order valence-corrected chi connectivity index (χ1v) is 3.41. The lowest BCUT2D eigenvalue weighted by Gasteiger charge is -2.03. The maximum Gasteiger partial charge on any atom is 0.256 e. The first kappa shape index (κ1) is 8.93. The summed E-state index contributed by atoms with van der Waals surface area (Å²) in [7, 11) is 1.25. The third-order valence-electron chi connectivity index (χ3n) is 1.29. The molecule has 1 rings (SSSR count). The molecule has 0 bridgehead atoms. The van der Waals surface area contributed by atoms with Crippen molar-refractivity contribution in [3.63, 3.8) is 0 Å². The molecular formula is C7H5ClFNO2. The summed E-state index contributed by atoms with van der Waals surface area (Å²) in [4.78, 5) is 13.6. The van der Waals surface area contributed by atoms with Gasteiger partial charge in [-0.3, -0.25) is 4.79 Å². The van der Waals surface area contributed by atoms with Crippen molar-refractivity contribution in [3.8, 4) is 5.75 Å². The highest BCUT2D eigenvalue weighted by Crippen LogP contribution is 2.28. The van der Waals surface area contributed by atoms with E-state index >= 15 is 0 Å². The van der Waals surface area contributed by atoms with Crippen LogP contribution in [0.3, 0.4) is 0 Å². The van der Waals surface area contributed by atoms with Crippen LogP contribution in [-0.4, -0.2) is 18.4 Å². The SMILES string of the molecule is COc1c(F)ncc(C=O)c1Cl. The molecule has 64 valence electrons. The second kappa shape index (κ2) is 3.49. The van der Waals surface area contributed by atoms with E-state index in [-0.39, 0.29) is 16.3 Å². The van der Waals surface area contributed by atoms with Crippen molar-refractivity contribution in [2.24, 2.45) is 0 Å². The Labute approximate surface area is 73.1 Å². The highest BCUT2D eigenvalue weighted by Gasteiger charge is 2.12. The molecule has 0 aromatic carbocycles. The number of carbonyl (C=O) groups is 1. The van der Waals surface area contributed by atoms with Gasteiger partial charge in [0.25, 0.3) is 5.95 Å². The topological polar surface area (TPSA) is 39.2 Å². The monoisotopic (exact) mass is 189 g/mol. The normalized spacial score (nSPS) is 9.58. The van der Waals surface area contributed by atoms with Gasteiger partial charge in [0.15, 0.2) is 12.0 Å². The first-order chi connectivity index (χ1) is 5.70. The Hall–Kier alpha value is -1.16. The van der Waals surface area contributed by atoms with E-state index in [1.165, 1.54) is 7.11 Å². The van der Waals surface area contributed by atoms with E-state index in [2.05, 4.69) is 9.72 Å². The molecule has 0 atom stereocenters. The number of aldehydes is 1. The Balaban J connectivity index is 3.33. The van der Waals surface area contributed by atoms with Crippen LogP contribution in [0.25, 0.3) is 0 Å². The standard InChI is InChI=1S/C7H5ClFNO2/c1-12-6-5(8)4(3-11)2-10-7(6)9/h2-3H,1H3. The van der Waals surface area contributed by atoms with Crippen molar-refractivity contribution >= 4 is 17.9 Å². The minimum absolute atomic E-state index is 0.0556. The van der Waals surface area contributed by atoms with Crippen LogP contribution in [0.2, 0.25) is 5.02 Å². The van der Waals surface area contributed by atoms with Gasteiger partial charge in [0.2, 0.25) is 0 Å². The zero-order valence-electron chi connectivity index (χ0n) is 6.17. The molecule has 12 heavy (non-hydrogen) atoms. The molecule has 0 N–H and O–H groups in total. The molecule has 0 aliphatic carbocycles. The highest BCUT2D eigenvalue weighted by molar-refractivity contribution is 6.34. The number of halogens is 2. The molecule has 0 saturated carbocycles. The molecular weight excluding hydrogens is 185 g/mol. The van der Waals surface area contributed by atoms with Crippen LogP contribution in [-0.2, 0) is 0 Å². The van der Waals surface area contributed by atoms with Crippen molar-refractivity contribution in [2.45, 2.75) is 0 Å². The van der Waals surface area contributed by atoms with E-state index in [1.807, 2.05) is 0 Å². The largest absolute Gasteiger partial charge is 0.491 e. The quantitative estimate of drug-likeness (QED) is 0.525. The van der Waals surface area contributed by atoms with E-state index < -0.39 is 5.95 Å².